The first kappa shape index (κ1) is 12.9. The van der Waals surface area contributed by atoms with Crippen LogP contribution in [0.15, 0.2) is 24.3 Å². The summed E-state index contributed by atoms with van der Waals surface area (Å²) in [7, 11) is 0. The first-order valence-corrected chi connectivity index (χ1v) is 6.94. The predicted molar refractivity (Wildman–Crippen MR) is 74.8 cm³/mol. The van der Waals surface area contributed by atoms with Crippen LogP contribution in [0.3, 0.4) is 0 Å². The number of rotatable bonds is 5. The van der Waals surface area contributed by atoms with Crippen LogP contribution in [0.4, 0.5) is 10.5 Å². The van der Waals surface area contributed by atoms with Crippen molar-refractivity contribution in [3.63, 3.8) is 0 Å². The maximum Gasteiger partial charge on any atom is 0.319 e. The number of amides is 2. The molecule has 2 N–H and O–H groups in total. The zero-order valence-corrected chi connectivity index (χ0v) is 11.0. The minimum Gasteiger partial charge on any atom is -0.335 e. The normalized spacial score (nSPS) is 14.9. The van der Waals surface area contributed by atoms with Gasteiger partial charge in [0.15, 0.2) is 0 Å². The molecule has 1 saturated carbocycles. The molecule has 0 atom stereocenters. The molecule has 0 aromatic heterocycles. The van der Waals surface area contributed by atoms with Crippen LogP contribution in [0.1, 0.15) is 44.6 Å². The Balaban J connectivity index is 1.79. The van der Waals surface area contributed by atoms with E-state index in [1.165, 1.54) is 24.8 Å². The van der Waals surface area contributed by atoms with Gasteiger partial charge in [-0.1, -0.05) is 25.5 Å². The molecule has 1 aliphatic rings. The number of carbonyl (C=O) groups excluding carboxylic acids is 1. The lowest BCUT2D eigenvalue weighted by atomic mass is 9.93. The van der Waals surface area contributed by atoms with Crippen LogP contribution >= 0.6 is 0 Å². The van der Waals surface area contributed by atoms with Crippen LogP contribution in [0, 0.1) is 0 Å². The largest absolute Gasteiger partial charge is 0.335 e. The molecule has 0 bridgehead atoms. The lowest BCUT2D eigenvalue weighted by Crippen LogP contribution is -2.41. The van der Waals surface area contributed by atoms with Gasteiger partial charge in [0.05, 0.1) is 0 Å². The van der Waals surface area contributed by atoms with Crippen LogP contribution < -0.4 is 10.6 Å². The van der Waals surface area contributed by atoms with E-state index < -0.39 is 0 Å². The Kier molecular flexibility index (Phi) is 4.62. The molecule has 0 saturated heterocycles. The Bertz CT molecular complexity index is 382. The van der Waals surface area contributed by atoms with Crippen molar-refractivity contribution in [1.29, 1.82) is 0 Å². The molecule has 0 unspecified atom stereocenters. The minimum absolute atomic E-state index is 0.0824. The molecule has 2 amide bonds. The number of unbranched alkanes of at least 4 members (excludes halogenated alkanes) is 1. The molecule has 0 aliphatic heterocycles. The van der Waals surface area contributed by atoms with E-state index in [2.05, 4.69) is 29.7 Å². The summed E-state index contributed by atoms with van der Waals surface area (Å²) in [5.74, 6) is 0. The van der Waals surface area contributed by atoms with Gasteiger partial charge in [0, 0.05) is 11.7 Å². The molecule has 1 aliphatic carbocycles. The highest BCUT2D eigenvalue weighted by Crippen LogP contribution is 2.18. The van der Waals surface area contributed by atoms with Crippen LogP contribution in [0.25, 0.3) is 0 Å². The highest BCUT2D eigenvalue weighted by molar-refractivity contribution is 5.89. The van der Waals surface area contributed by atoms with Crippen molar-refractivity contribution < 1.29 is 4.79 Å². The average Bonchev–Trinajstić information content (AvgIpc) is 2.33. The van der Waals surface area contributed by atoms with Gasteiger partial charge in [0.25, 0.3) is 0 Å². The number of nitrogens with one attached hydrogen (secondary N) is 2. The summed E-state index contributed by atoms with van der Waals surface area (Å²) in [5, 5.41) is 5.84. The number of carbonyl (C=O) groups is 1. The van der Waals surface area contributed by atoms with Gasteiger partial charge in [-0.05, 0) is 49.8 Å². The first-order chi connectivity index (χ1) is 8.78. The Morgan fingerprint density at radius 2 is 2.00 bits per heavy atom. The molecule has 3 nitrogen and oxygen atoms in total. The van der Waals surface area contributed by atoms with Gasteiger partial charge in [0.2, 0.25) is 0 Å². The van der Waals surface area contributed by atoms with E-state index in [-0.39, 0.29) is 6.03 Å². The van der Waals surface area contributed by atoms with Crippen LogP contribution in [-0.4, -0.2) is 12.1 Å². The maximum atomic E-state index is 11.7. The zero-order chi connectivity index (χ0) is 12.8. The number of aryl methyl sites for hydroxylation is 1. The Hall–Kier alpha value is -1.51. The van der Waals surface area contributed by atoms with Crippen molar-refractivity contribution in [2.75, 3.05) is 5.32 Å². The van der Waals surface area contributed by atoms with Crippen molar-refractivity contribution in [3.8, 4) is 0 Å². The van der Waals surface area contributed by atoms with E-state index in [0.717, 1.165) is 24.9 Å². The quantitative estimate of drug-likeness (QED) is 0.817. The van der Waals surface area contributed by atoms with Crippen molar-refractivity contribution in [2.45, 2.75) is 51.5 Å². The minimum atomic E-state index is -0.0824. The van der Waals surface area contributed by atoms with E-state index in [1.54, 1.807) is 0 Å². The van der Waals surface area contributed by atoms with E-state index in [1.807, 2.05) is 12.1 Å². The SMILES string of the molecule is CCCCc1ccc(NC(=O)NC2CCC2)cc1. The summed E-state index contributed by atoms with van der Waals surface area (Å²) >= 11 is 0. The predicted octanol–water partition coefficient (Wildman–Crippen LogP) is 3.70. The summed E-state index contributed by atoms with van der Waals surface area (Å²) in [5.41, 5.74) is 2.20. The van der Waals surface area contributed by atoms with Gasteiger partial charge in [-0.15, -0.1) is 0 Å². The molecular formula is C15H22N2O. The molecule has 2 rings (SSSR count). The average molecular weight is 246 g/mol. The van der Waals surface area contributed by atoms with Crippen molar-refractivity contribution in [1.82, 2.24) is 5.32 Å². The highest BCUT2D eigenvalue weighted by Gasteiger charge is 2.19. The highest BCUT2D eigenvalue weighted by atomic mass is 16.2. The molecule has 0 radical (unpaired) electrons. The number of hydrogen-bond acceptors (Lipinski definition) is 1. The fourth-order valence-corrected chi connectivity index (χ4v) is 2.04. The molecule has 1 fully saturated rings. The van der Waals surface area contributed by atoms with E-state index in [4.69, 9.17) is 0 Å². The summed E-state index contributed by atoms with van der Waals surface area (Å²) in [6.07, 6.45) is 7.01. The fourth-order valence-electron chi connectivity index (χ4n) is 2.04. The second kappa shape index (κ2) is 6.43. The molecule has 0 spiro atoms. The van der Waals surface area contributed by atoms with Crippen molar-refractivity contribution in [3.05, 3.63) is 29.8 Å². The number of hydrogen-bond donors (Lipinski definition) is 2. The van der Waals surface area contributed by atoms with Gasteiger partial charge in [-0.25, -0.2) is 4.79 Å². The second-order valence-electron chi connectivity index (χ2n) is 5.03. The van der Waals surface area contributed by atoms with E-state index >= 15 is 0 Å². The monoisotopic (exact) mass is 246 g/mol. The van der Waals surface area contributed by atoms with Gasteiger partial charge >= 0.3 is 6.03 Å². The third-order valence-corrected chi connectivity index (χ3v) is 3.47. The molecule has 1 aromatic carbocycles. The van der Waals surface area contributed by atoms with Crippen molar-refractivity contribution >= 4 is 11.7 Å². The van der Waals surface area contributed by atoms with Crippen LogP contribution in [0.2, 0.25) is 0 Å². The first-order valence-electron chi connectivity index (χ1n) is 6.94. The molecule has 0 heterocycles. The molecule has 18 heavy (non-hydrogen) atoms. The van der Waals surface area contributed by atoms with E-state index in [9.17, 15) is 4.79 Å². The van der Waals surface area contributed by atoms with Gasteiger partial charge < -0.3 is 10.6 Å². The summed E-state index contributed by atoms with van der Waals surface area (Å²) < 4.78 is 0. The topological polar surface area (TPSA) is 41.1 Å². The van der Waals surface area contributed by atoms with Crippen LogP contribution in [0.5, 0.6) is 0 Å². The molecule has 98 valence electrons. The summed E-state index contributed by atoms with van der Waals surface area (Å²) in [4.78, 5) is 11.7. The summed E-state index contributed by atoms with van der Waals surface area (Å²) in [6.45, 7) is 2.20. The molecule has 3 heteroatoms. The van der Waals surface area contributed by atoms with Crippen LogP contribution in [-0.2, 0) is 6.42 Å². The Morgan fingerprint density at radius 3 is 2.56 bits per heavy atom. The third kappa shape index (κ3) is 3.76. The second-order valence-corrected chi connectivity index (χ2v) is 5.03. The van der Waals surface area contributed by atoms with Gasteiger partial charge in [-0.3, -0.25) is 0 Å². The van der Waals surface area contributed by atoms with Gasteiger partial charge in [0.1, 0.15) is 0 Å². The Labute approximate surface area is 109 Å². The third-order valence-electron chi connectivity index (χ3n) is 3.47. The maximum absolute atomic E-state index is 11.7. The van der Waals surface area contributed by atoms with E-state index in [0.29, 0.717) is 6.04 Å². The number of urea groups is 1. The van der Waals surface area contributed by atoms with Gasteiger partial charge in [-0.2, -0.15) is 0 Å². The fraction of sp³-hybridized carbons (Fsp3) is 0.533. The number of anilines is 1. The Morgan fingerprint density at radius 1 is 1.28 bits per heavy atom. The standard InChI is InChI=1S/C15H22N2O/c1-2-3-5-12-8-10-14(11-9-12)17-15(18)16-13-6-4-7-13/h8-11,13H,2-7H2,1H3,(H2,16,17,18). The summed E-state index contributed by atoms with van der Waals surface area (Å²) in [6, 6.07) is 8.44. The lowest BCUT2D eigenvalue weighted by Gasteiger charge is -2.26. The number of benzene rings is 1. The molecule has 1 aromatic rings. The molecular weight excluding hydrogens is 224 g/mol. The van der Waals surface area contributed by atoms with Crippen molar-refractivity contribution in [2.24, 2.45) is 0 Å². The lowest BCUT2D eigenvalue weighted by molar-refractivity contribution is 0.240. The smallest absolute Gasteiger partial charge is 0.319 e. The zero-order valence-electron chi connectivity index (χ0n) is 11.0.